The topological polar surface area (TPSA) is 0 Å². The molecule has 0 heteroatoms. The molecule has 12 heavy (non-hydrogen) atoms. The first-order valence-electron chi connectivity index (χ1n) is 5.31. The first kappa shape index (κ1) is 8.34. The summed E-state index contributed by atoms with van der Waals surface area (Å²) in [4.78, 5) is 0. The first-order valence-corrected chi connectivity index (χ1v) is 5.31. The van der Waals surface area contributed by atoms with Crippen LogP contribution in [0.15, 0.2) is 11.1 Å². The second kappa shape index (κ2) is 2.61. The predicted octanol–water partition coefficient (Wildman–Crippen LogP) is 3.92. The molecule has 2 unspecified atom stereocenters. The monoisotopic (exact) mass is 164 g/mol. The molecule has 2 bridgehead atoms. The van der Waals surface area contributed by atoms with E-state index < -0.39 is 0 Å². The molecule has 3 aliphatic rings. The quantitative estimate of drug-likeness (QED) is 0.476. The third-order valence-corrected chi connectivity index (χ3v) is 4.43. The van der Waals surface area contributed by atoms with Gasteiger partial charge in [-0.25, -0.2) is 0 Å². The Morgan fingerprint density at radius 1 is 1.17 bits per heavy atom. The average molecular weight is 164 g/mol. The van der Waals surface area contributed by atoms with Crippen LogP contribution in [-0.2, 0) is 0 Å². The van der Waals surface area contributed by atoms with Gasteiger partial charge in [-0.15, -0.1) is 0 Å². The number of hydrogen-bond acceptors (Lipinski definition) is 0. The highest BCUT2D eigenvalue weighted by Crippen LogP contribution is 2.50. The van der Waals surface area contributed by atoms with Crippen molar-refractivity contribution in [1.82, 2.24) is 0 Å². The maximum atomic E-state index is 2.47. The summed E-state index contributed by atoms with van der Waals surface area (Å²) < 4.78 is 0. The summed E-state index contributed by atoms with van der Waals surface area (Å²) in [6.45, 7) is 7.20. The Kier molecular flexibility index (Phi) is 1.82. The maximum Gasteiger partial charge on any atom is -0.0116 e. The molecule has 1 saturated carbocycles. The minimum atomic E-state index is 0.580. The van der Waals surface area contributed by atoms with E-state index in [4.69, 9.17) is 0 Å². The van der Waals surface area contributed by atoms with Gasteiger partial charge in [-0.3, -0.25) is 0 Å². The molecule has 68 valence electrons. The van der Waals surface area contributed by atoms with Crippen LogP contribution in [0.5, 0.6) is 0 Å². The Labute approximate surface area is 76.1 Å². The van der Waals surface area contributed by atoms with Crippen LogP contribution in [0.3, 0.4) is 0 Å². The third kappa shape index (κ3) is 1.04. The van der Waals surface area contributed by atoms with Crippen LogP contribution in [0.1, 0.15) is 52.9 Å². The van der Waals surface area contributed by atoms with Gasteiger partial charge in [0.2, 0.25) is 0 Å². The number of allylic oxidation sites excluding steroid dienone is 2. The van der Waals surface area contributed by atoms with Crippen LogP contribution < -0.4 is 0 Å². The van der Waals surface area contributed by atoms with E-state index in [1.54, 1.807) is 11.1 Å². The molecule has 3 rings (SSSR count). The molecule has 2 atom stereocenters. The summed E-state index contributed by atoms with van der Waals surface area (Å²) in [6, 6.07) is 0. The lowest BCUT2D eigenvalue weighted by atomic mass is 9.69. The molecule has 0 amide bonds. The smallest absolute Gasteiger partial charge is 0.0116 e. The fraction of sp³-hybridized carbons (Fsp3) is 0.833. The van der Waals surface area contributed by atoms with Crippen molar-refractivity contribution in [2.75, 3.05) is 0 Å². The molecule has 0 spiro atoms. The van der Waals surface area contributed by atoms with E-state index in [9.17, 15) is 0 Å². The Balaban J connectivity index is 2.42. The van der Waals surface area contributed by atoms with Gasteiger partial charge in [-0.1, -0.05) is 24.5 Å². The Bertz CT molecular complexity index is 220. The molecule has 0 saturated heterocycles. The summed E-state index contributed by atoms with van der Waals surface area (Å²) in [5.74, 6) is 0.945. The van der Waals surface area contributed by atoms with Crippen LogP contribution >= 0.6 is 0 Å². The minimum Gasteiger partial charge on any atom is -0.0707 e. The van der Waals surface area contributed by atoms with E-state index in [0.717, 1.165) is 5.92 Å². The van der Waals surface area contributed by atoms with Crippen LogP contribution in [0, 0.1) is 11.3 Å². The van der Waals surface area contributed by atoms with E-state index in [-0.39, 0.29) is 0 Å². The summed E-state index contributed by atoms with van der Waals surface area (Å²) in [7, 11) is 0. The summed E-state index contributed by atoms with van der Waals surface area (Å²) in [5, 5.41) is 0. The van der Waals surface area contributed by atoms with Crippen molar-refractivity contribution >= 4 is 0 Å². The van der Waals surface area contributed by atoms with E-state index in [1.807, 2.05) is 0 Å². The fourth-order valence-electron chi connectivity index (χ4n) is 3.09. The van der Waals surface area contributed by atoms with E-state index in [2.05, 4.69) is 20.8 Å². The molecule has 0 aromatic heterocycles. The Morgan fingerprint density at radius 2 is 1.92 bits per heavy atom. The molecule has 0 aliphatic heterocycles. The van der Waals surface area contributed by atoms with Gasteiger partial charge in [-0.05, 0) is 50.9 Å². The van der Waals surface area contributed by atoms with Crippen molar-refractivity contribution < 1.29 is 0 Å². The second-order valence-corrected chi connectivity index (χ2v) is 5.00. The molecule has 0 heterocycles. The molecular formula is C12H20. The largest absolute Gasteiger partial charge is 0.0707 e. The second-order valence-electron chi connectivity index (χ2n) is 5.00. The molecule has 0 radical (unpaired) electrons. The zero-order valence-corrected chi connectivity index (χ0v) is 8.61. The zero-order valence-electron chi connectivity index (χ0n) is 8.61. The van der Waals surface area contributed by atoms with Crippen LogP contribution in [0.25, 0.3) is 0 Å². The van der Waals surface area contributed by atoms with Crippen molar-refractivity contribution in [3.63, 3.8) is 0 Å². The average Bonchev–Trinajstić information content (AvgIpc) is 2.29. The zero-order chi connectivity index (χ0) is 8.77. The highest BCUT2D eigenvalue weighted by Gasteiger charge is 2.36. The Hall–Kier alpha value is -0.260. The van der Waals surface area contributed by atoms with Crippen LogP contribution in [-0.4, -0.2) is 0 Å². The van der Waals surface area contributed by atoms with Crippen molar-refractivity contribution in [1.29, 1.82) is 0 Å². The third-order valence-electron chi connectivity index (χ3n) is 4.43. The standard InChI is InChI=1S/C12H20/c1-9-10(2)12(3)7-4-5-11(9)6-8-12/h11H,4-8H2,1-3H3. The van der Waals surface area contributed by atoms with E-state index in [1.165, 1.54) is 32.1 Å². The predicted molar refractivity (Wildman–Crippen MR) is 53.1 cm³/mol. The molecular weight excluding hydrogens is 144 g/mol. The minimum absolute atomic E-state index is 0.580. The van der Waals surface area contributed by atoms with Gasteiger partial charge >= 0.3 is 0 Å². The van der Waals surface area contributed by atoms with Crippen LogP contribution in [0.4, 0.5) is 0 Å². The number of rotatable bonds is 0. The van der Waals surface area contributed by atoms with Gasteiger partial charge in [0.25, 0.3) is 0 Å². The molecule has 1 fully saturated rings. The highest BCUT2D eigenvalue weighted by atomic mass is 14.4. The van der Waals surface area contributed by atoms with Crippen molar-refractivity contribution in [3.05, 3.63) is 11.1 Å². The molecule has 0 nitrogen and oxygen atoms in total. The van der Waals surface area contributed by atoms with E-state index in [0.29, 0.717) is 5.41 Å². The van der Waals surface area contributed by atoms with Crippen molar-refractivity contribution in [3.8, 4) is 0 Å². The van der Waals surface area contributed by atoms with Crippen molar-refractivity contribution in [2.45, 2.75) is 52.9 Å². The normalized spacial score (nSPS) is 41.8. The SMILES string of the molecule is CC1=C(C)C2(C)CCCC1CC2. The van der Waals surface area contributed by atoms with Gasteiger partial charge in [0, 0.05) is 0 Å². The summed E-state index contributed by atoms with van der Waals surface area (Å²) >= 11 is 0. The Morgan fingerprint density at radius 3 is 2.67 bits per heavy atom. The molecule has 0 aromatic rings. The van der Waals surface area contributed by atoms with Gasteiger partial charge in [0.1, 0.15) is 0 Å². The van der Waals surface area contributed by atoms with Gasteiger partial charge in [-0.2, -0.15) is 0 Å². The summed E-state index contributed by atoms with van der Waals surface area (Å²) in [6.07, 6.45) is 7.25. The number of hydrogen-bond donors (Lipinski definition) is 0. The van der Waals surface area contributed by atoms with Crippen molar-refractivity contribution in [2.24, 2.45) is 11.3 Å². The molecule has 3 aliphatic carbocycles. The lowest BCUT2D eigenvalue weighted by Gasteiger charge is -2.36. The number of fused-ring (bicyclic) bond motifs is 3. The first-order chi connectivity index (χ1) is 5.63. The fourth-order valence-corrected chi connectivity index (χ4v) is 3.09. The lowest BCUT2D eigenvalue weighted by molar-refractivity contribution is 0.314. The highest BCUT2D eigenvalue weighted by molar-refractivity contribution is 5.25. The lowest BCUT2D eigenvalue weighted by Crippen LogP contribution is -2.22. The van der Waals surface area contributed by atoms with Crippen LogP contribution in [0.2, 0.25) is 0 Å². The molecule has 0 N–H and O–H groups in total. The molecule has 0 aromatic carbocycles. The van der Waals surface area contributed by atoms with Gasteiger partial charge < -0.3 is 0 Å². The van der Waals surface area contributed by atoms with Gasteiger partial charge in [0.15, 0.2) is 0 Å². The summed E-state index contributed by atoms with van der Waals surface area (Å²) in [5.41, 5.74) is 4.02. The van der Waals surface area contributed by atoms with E-state index >= 15 is 0 Å². The van der Waals surface area contributed by atoms with Gasteiger partial charge in [0.05, 0.1) is 0 Å². The maximum absolute atomic E-state index is 2.47.